The van der Waals surface area contributed by atoms with Gasteiger partial charge in [0, 0.05) is 30.5 Å². The summed E-state index contributed by atoms with van der Waals surface area (Å²) < 4.78 is 28.6. The van der Waals surface area contributed by atoms with Crippen molar-refractivity contribution in [2.75, 3.05) is 13.6 Å². The minimum Gasteiger partial charge on any atom is -0.352 e. The molecule has 0 aromatic heterocycles. The molecule has 9 heteroatoms. The first-order valence-corrected chi connectivity index (χ1v) is 16.3. The Bertz CT molecular complexity index is 1410. The number of sulfonamides is 1. The van der Waals surface area contributed by atoms with Crippen molar-refractivity contribution in [3.05, 3.63) is 100 Å². The molecular formula is C32H38BrN3O4S. The van der Waals surface area contributed by atoms with Crippen molar-refractivity contribution in [2.45, 2.75) is 69.0 Å². The van der Waals surface area contributed by atoms with Gasteiger partial charge in [0.25, 0.3) is 0 Å². The minimum atomic E-state index is -3.91. The average Bonchev–Trinajstić information content (AvgIpc) is 2.97. The molecule has 1 atom stereocenters. The number of halogens is 1. The number of nitrogens with one attached hydrogen (secondary N) is 1. The molecule has 218 valence electrons. The number of likely N-dealkylation sites (N-methyl/N-ethyl adjacent to an activating group) is 1. The molecule has 0 spiro atoms. The van der Waals surface area contributed by atoms with Crippen LogP contribution in [-0.4, -0.2) is 55.1 Å². The van der Waals surface area contributed by atoms with Crippen LogP contribution in [0.1, 0.15) is 48.8 Å². The van der Waals surface area contributed by atoms with Gasteiger partial charge >= 0.3 is 0 Å². The fourth-order valence-electron chi connectivity index (χ4n) is 5.14. The third-order valence-corrected chi connectivity index (χ3v) is 9.92. The standard InChI is InChI=1S/C32H38BrN3O4S/c1-24-13-19-29(20-14-24)41(39,40)35(2)23-31(37)36(22-26-15-17-27(33)18-16-26)30(21-25-9-5-3-6-10-25)32(38)34-28-11-7-4-8-12-28/h3,5-6,9-10,13-20,28,30H,4,7-8,11-12,21-23H2,1-2H3,(H,34,38)/t30-/m0/s1. The number of nitrogens with zero attached hydrogens (tertiary/aromatic N) is 2. The molecule has 4 rings (SSSR count). The van der Waals surface area contributed by atoms with E-state index in [1.54, 1.807) is 24.3 Å². The van der Waals surface area contributed by atoms with Gasteiger partial charge in [-0.3, -0.25) is 9.59 Å². The highest BCUT2D eigenvalue weighted by atomic mass is 79.9. The third-order valence-electron chi connectivity index (χ3n) is 7.58. The van der Waals surface area contributed by atoms with Crippen molar-refractivity contribution < 1.29 is 18.0 Å². The zero-order chi connectivity index (χ0) is 29.4. The molecule has 1 N–H and O–H groups in total. The Morgan fingerprint density at radius 1 is 0.902 bits per heavy atom. The van der Waals surface area contributed by atoms with Gasteiger partial charge in [0.05, 0.1) is 11.4 Å². The first-order valence-electron chi connectivity index (χ1n) is 14.0. The van der Waals surface area contributed by atoms with Crippen LogP contribution in [0.2, 0.25) is 0 Å². The lowest BCUT2D eigenvalue weighted by Gasteiger charge is -2.34. The molecule has 0 heterocycles. The first-order chi connectivity index (χ1) is 19.6. The smallest absolute Gasteiger partial charge is 0.243 e. The number of carbonyl (C=O) groups is 2. The van der Waals surface area contributed by atoms with Crippen LogP contribution in [0.4, 0.5) is 0 Å². The van der Waals surface area contributed by atoms with Crippen LogP contribution >= 0.6 is 15.9 Å². The maximum atomic E-state index is 14.0. The maximum absolute atomic E-state index is 14.0. The normalized spacial score (nSPS) is 14.9. The van der Waals surface area contributed by atoms with E-state index in [9.17, 15) is 18.0 Å². The van der Waals surface area contributed by atoms with E-state index in [0.29, 0.717) is 6.42 Å². The number of benzene rings is 3. The van der Waals surface area contributed by atoms with Gasteiger partial charge in [-0.15, -0.1) is 0 Å². The Balaban J connectivity index is 1.65. The van der Waals surface area contributed by atoms with Crippen molar-refractivity contribution in [3.8, 4) is 0 Å². The minimum absolute atomic E-state index is 0.0729. The summed E-state index contributed by atoms with van der Waals surface area (Å²) in [4.78, 5) is 29.6. The summed E-state index contributed by atoms with van der Waals surface area (Å²) in [6.45, 7) is 1.66. The van der Waals surface area contributed by atoms with E-state index >= 15 is 0 Å². The summed E-state index contributed by atoms with van der Waals surface area (Å²) in [6.07, 6.45) is 5.45. The van der Waals surface area contributed by atoms with E-state index in [-0.39, 0.29) is 23.4 Å². The summed E-state index contributed by atoms with van der Waals surface area (Å²) in [7, 11) is -2.51. The van der Waals surface area contributed by atoms with Crippen LogP contribution in [0.5, 0.6) is 0 Å². The Morgan fingerprint density at radius 3 is 2.17 bits per heavy atom. The summed E-state index contributed by atoms with van der Waals surface area (Å²) in [5.41, 5.74) is 2.70. The molecular weight excluding hydrogens is 602 g/mol. The van der Waals surface area contributed by atoms with Gasteiger partial charge in [0.15, 0.2) is 0 Å². The zero-order valence-corrected chi connectivity index (χ0v) is 26.0. The fraction of sp³-hybridized carbons (Fsp3) is 0.375. The van der Waals surface area contributed by atoms with Gasteiger partial charge in [0.2, 0.25) is 21.8 Å². The quantitative estimate of drug-likeness (QED) is 0.302. The molecule has 1 saturated carbocycles. The first kappa shape index (κ1) is 30.9. The summed E-state index contributed by atoms with van der Waals surface area (Å²) in [5, 5.41) is 3.21. The zero-order valence-electron chi connectivity index (χ0n) is 23.6. The molecule has 3 aromatic rings. The number of aryl methyl sites for hydroxylation is 1. The highest BCUT2D eigenvalue weighted by Gasteiger charge is 2.34. The van der Waals surface area contributed by atoms with E-state index in [4.69, 9.17) is 0 Å². The molecule has 1 aliphatic carbocycles. The SMILES string of the molecule is Cc1ccc(S(=O)(=O)N(C)CC(=O)N(Cc2ccc(Br)cc2)[C@@H](Cc2ccccc2)C(=O)NC2CCCCC2)cc1. The number of rotatable bonds is 11. The lowest BCUT2D eigenvalue weighted by molar-refractivity contribution is -0.141. The molecule has 1 aliphatic rings. The molecule has 0 bridgehead atoms. The second-order valence-corrected chi connectivity index (χ2v) is 13.7. The molecule has 2 amide bonds. The van der Waals surface area contributed by atoms with Gasteiger partial charge in [0.1, 0.15) is 6.04 Å². The number of amides is 2. The summed E-state index contributed by atoms with van der Waals surface area (Å²) in [6, 6.07) is 23.0. The highest BCUT2D eigenvalue weighted by molar-refractivity contribution is 9.10. The number of hydrogen-bond acceptors (Lipinski definition) is 4. The van der Waals surface area contributed by atoms with E-state index in [1.807, 2.05) is 61.5 Å². The third kappa shape index (κ3) is 8.50. The highest BCUT2D eigenvalue weighted by Crippen LogP contribution is 2.21. The molecule has 0 radical (unpaired) electrons. The molecule has 7 nitrogen and oxygen atoms in total. The van der Waals surface area contributed by atoms with E-state index in [0.717, 1.165) is 57.6 Å². The Morgan fingerprint density at radius 2 is 1.54 bits per heavy atom. The van der Waals surface area contributed by atoms with E-state index in [2.05, 4.69) is 21.2 Å². The number of hydrogen-bond donors (Lipinski definition) is 1. The van der Waals surface area contributed by atoms with Crippen molar-refractivity contribution in [1.82, 2.24) is 14.5 Å². The monoisotopic (exact) mass is 639 g/mol. The Labute approximate surface area is 252 Å². The van der Waals surface area contributed by atoms with Crippen LogP contribution < -0.4 is 5.32 Å². The van der Waals surface area contributed by atoms with Crippen LogP contribution in [0, 0.1) is 6.92 Å². The van der Waals surface area contributed by atoms with E-state index in [1.165, 1.54) is 11.9 Å². The van der Waals surface area contributed by atoms with Crippen molar-refractivity contribution in [1.29, 1.82) is 0 Å². The molecule has 0 saturated heterocycles. The summed E-state index contributed by atoms with van der Waals surface area (Å²) >= 11 is 3.46. The second kappa shape index (κ2) is 14.2. The number of carbonyl (C=O) groups excluding carboxylic acids is 2. The Hall–Kier alpha value is -3.01. The van der Waals surface area contributed by atoms with Crippen molar-refractivity contribution in [2.24, 2.45) is 0 Å². The molecule has 41 heavy (non-hydrogen) atoms. The van der Waals surface area contributed by atoms with Gasteiger partial charge in [-0.05, 0) is 55.2 Å². The van der Waals surface area contributed by atoms with Crippen molar-refractivity contribution in [3.63, 3.8) is 0 Å². The van der Waals surface area contributed by atoms with Gasteiger partial charge in [-0.25, -0.2) is 8.42 Å². The van der Waals surface area contributed by atoms with Gasteiger partial charge in [-0.2, -0.15) is 4.31 Å². The van der Waals surface area contributed by atoms with Crippen molar-refractivity contribution >= 4 is 37.8 Å². The molecule has 0 unspecified atom stereocenters. The average molecular weight is 641 g/mol. The molecule has 1 fully saturated rings. The van der Waals surface area contributed by atoms with Gasteiger partial charge in [-0.1, -0.05) is 95.4 Å². The van der Waals surface area contributed by atoms with Gasteiger partial charge < -0.3 is 10.2 Å². The predicted octanol–water partition coefficient (Wildman–Crippen LogP) is 5.47. The summed E-state index contributed by atoms with van der Waals surface area (Å²) in [5.74, 6) is -0.652. The molecule has 3 aromatic carbocycles. The molecule has 0 aliphatic heterocycles. The van der Waals surface area contributed by atoms with Crippen LogP contribution in [0.15, 0.2) is 88.2 Å². The topological polar surface area (TPSA) is 86.8 Å². The largest absolute Gasteiger partial charge is 0.352 e. The predicted molar refractivity (Wildman–Crippen MR) is 165 cm³/mol. The second-order valence-electron chi connectivity index (χ2n) is 10.8. The van der Waals surface area contributed by atoms with Crippen LogP contribution in [0.25, 0.3) is 0 Å². The Kier molecular flexibility index (Phi) is 10.8. The lowest BCUT2D eigenvalue weighted by atomic mass is 9.94. The van der Waals surface area contributed by atoms with Crippen LogP contribution in [-0.2, 0) is 32.6 Å². The lowest BCUT2D eigenvalue weighted by Crippen LogP contribution is -2.54. The van der Waals surface area contributed by atoms with Crippen LogP contribution in [0.3, 0.4) is 0 Å². The maximum Gasteiger partial charge on any atom is 0.243 e. The fourth-order valence-corrected chi connectivity index (χ4v) is 6.53. The van der Waals surface area contributed by atoms with E-state index < -0.39 is 28.5 Å².